The molecule has 0 bridgehead atoms. The maximum Gasteiger partial charge on any atom is 0.322 e. The molecule has 2 heterocycles. The second-order valence-corrected chi connectivity index (χ2v) is 8.52. The Kier molecular flexibility index (Phi) is 6.43. The molecule has 0 saturated carbocycles. The lowest BCUT2D eigenvalue weighted by molar-refractivity contribution is 0.132. The van der Waals surface area contributed by atoms with Gasteiger partial charge in [-0.1, -0.05) is 24.3 Å². The molecule has 5 rings (SSSR count). The van der Waals surface area contributed by atoms with Gasteiger partial charge in [0, 0.05) is 41.7 Å². The monoisotopic (exact) mass is 482 g/mol. The molecule has 1 saturated heterocycles. The minimum absolute atomic E-state index is 0.212. The minimum Gasteiger partial charge on any atom is -0.394 e. The first kappa shape index (κ1) is 23.2. The van der Waals surface area contributed by atoms with Crippen LogP contribution in [0.15, 0.2) is 72.8 Å². The maximum atomic E-state index is 13.4. The van der Waals surface area contributed by atoms with Crippen LogP contribution >= 0.6 is 0 Å². The molecule has 0 unspecified atom stereocenters. The van der Waals surface area contributed by atoms with Gasteiger partial charge < -0.3 is 20.2 Å². The Morgan fingerprint density at radius 2 is 1.75 bits per heavy atom. The molecule has 1 aliphatic heterocycles. The zero-order chi connectivity index (χ0) is 25.1. The number of nitrogens with zero attached hydrogens (tertiary/aromatic N) is 5. The number of piperazine rings is 1. The van der Waals surface area contributed by atoms with E-state index in [9.17, 15) is 14.3 Å². The number of carbonyl (C=O) groups is 1. The second-order valence-electron chi connectivity index (χ2n) is 8.52. The first-order chi connectivity index (χ1) is 17.6. The number of carbonyl (C=O) groups excluding carboxylic acids is 1. The summed E-state index contributed by atoms with van der Waals surface area (Å²) < 4.78 is 13.4. The molecule has 8 nitrogen and oxygen atoms in total. The predicted molar refractivity (Wildman–Crippen MR) is 135 cm³/mol. The van der Waals surface area contributed by atoms with Crippen LogP contribution in [0.4, 0.5) is 20.7 Å². The van der Waals surface area contributed by atoms with Crippen LogP contribution in [-0.2, 0) is 0 Å². The number of aromatic nitrogens is 2. The van der Waals surface area contributed by atoms with Crippen molar-refractivity contribution in [3.63, 3.8) is 0 Å². The van der Waals surface area contributed by atoms with Crippen molar-refractivity contribution >= 4 is 28.3 Å². The molecule has 1 atom stereocenters. The number of aliphatic hydroxyl groups is 1. The predicted octanol–water partition coefficient (Wildman–Crippen LogP) is 4.02. The fourth-order valence-corrected chi connectivity index (χ4v) is 4.44. The first-order valence-electron chi connectivity index (χ1n) is 11.5. The Hall–Kier alpha value is -4.55. The molecular formula is C27H23FN6O2. The highest BCUT2D eigenvalue weighted by atomic mass is 19.1. The van der Waals surface area contributed by atoms with E-state index in [0.717, 1.165) is 16.3 Å². The highest BCUT2D eigenvalue weighted by molar-refractivity contribution is 6.00. The van der Waals surface area contributed by atoms with Crippen LogP contribution in [0.3, 0.4) is 0 Å². The number of urea groups is 1. The number of halogens is 1. The Morgan fingerprint density at radius 3 is 2.44 bits per heavy atom. The second kappa shape index (κ2) is 9.98. The fraction of sp³-hybridized carbons (Fsp3) is 0.185. The van der Waals surface area contributed by atoms with E-state index < -0.39 is 6.04 Å². The van der Waals surface area contributed by atoms with Gasteiger partial charge in [-0.2, -0.15) is 5.26 Å². The number of hydrogen-bond acceptors (Lipinski definition) is 6. The lowest BCUT2D eigenvalue weighted by Crippen LogP contribution is -2.58. The molecule has 1 aliphatic rings. The van der Waals surface area contributed by atoms with Crippen molar-refractivity contribution in [3.05, 3.63) is 84.2 Å². The number of benzene rings is 3. The van der Waals surface area contributed by atoms with Gasteiger partial charge in [0.25, 0.3) is 0 Å². The van der Waals surface area contributed by atoms with Gasteiger partial charge in [0.05, 0.1) is 24.3 Å². The largest absolute Gasteiger partial charge is 0.394 e. The molecule has 2 N–H and O–H groups in total. The summed E-state index contributed by atoms with van der Waals surface area (Å²) in [6, 6.07) is 21.8. The van der Waals surface area contributed by atoms with E-state index in [4.69, 9.17) is 5.26 Å². The number of fused-ring (bicyclic) bond motifs is 1. The Bertz CT molecular complexity index is 1440. The van der Waals surface area contributed by atoms with Gasteiger partial charge in [0.15, 0.2) is 5.82 Å². The third-order valence-electron chi connectivity index (χ3n) is 6.30. The van der Waals surface area contributed by atoms with Gasteiger partial charge in [0.2, 0.25) is 0 Å². The summed E-state index contributed by atoms with van der Waals surface area (Å²) in [5.74, 6) is 0.353. The topological polar surface area (TPSA) is 105 Å². The summed E-state index contributed by atoms with van der Waals surface area (Å²) in [7, 11) is 0. The number of aliphatic hydroxyl groups excluding tert-OH is 1. The molecular weight excluding hydrogens is 459 g/mol. The van der Waals surface area contributed by atoms with E-state index >= 15 is 0 Å². The number of nitrogens with one attached hydrogen (secondary N) is 1. The zero-order valence-corrected chi connectivity index (χ0v) is 19.3. The Morgan fingerprint density at radius 1 is 1.03 bits per heavy atom. The number of amides is 2. The van der Waals surface area contributed by atoms with Crippen molar-refractivity contribution in [3.8, 4) is 17.3 Å². The van der Waals surface area contributed by atoms with Crippen molar-refractivity contribution in [2.24, 2.45) is 0 Å². The molecule has 2 amide bonds. The van der Waals surface area contributed by atoms with Crippen molar-refractivity contribution in [2.75, 3.05) is 36.5 Å². The summed E-state index contributed by atoms with van der Waals surface area (Å²) in [5.41, 5.74) is 2.51. The number of anilines is 2. The fourth-order valence-electron chi connectivity index (χ4n) is 4.44. The van der Waals surface area contributed by atoms with Gasteiger partial charge in [0.1, 0.15) is 11.5 Å². The lowest BCUT2D eigenvalue weighted by Gasteiger charge is -2.41. The van der Waals surface area contributed by atoms with Crippen LogP contribution in [0.1, 0.15) is 5.56 Å². The minimum atomic E-state index is -0.450. The van der Waals surface area contributed by atoms with Gasteiger partial charge >= 0.3 is 6.03 Å². The molecule has 4 aromatic rings. The van der Waals surface area contributed by atoms with Crippen LogP contribution < -0.4 is 10.2 Å². The third kappa shape index (κ3) is 4.54. The van der Waals surface area contributed by atoms with Gasteiger partial charge in [-0.3, -0.25) is 0 Å². The molecule has 1 aromatic heterocycles. The van der Waals surface area contributed by atoms with Crippen LogP contribution in [0.5, 0.6) is 0 Å². The van der Waals surface area contributed by atoms with Crippen LogP contribution in [0.25, 0.3) is 22.0 Å². The van der Waals surface area contributed by atoms with Crippen LogP contribution in [0.2, 0.25) is 0 Å². The Balaban J connectivity index is 1.38. The van der Waals surface area contributed by atoms with E-state index in [0.29, 0.717) is 42.4 Å². The maximum absolute atomic E-state index is 13.4. The van der Waals surface area contributed by atoms with Crippen LogP contribution in [0, 0.1) is 17.1 Å². The van der Waals surface area contributed by atoms with Gasteiger partial charge in [-0.25, -0.2) is 9.18 Å². The summed E-state index contributed by atoms with van der Waals surface area (Å²) in [6.45, 7) is 1.05. The van der Waals surface area contributed by atoms with Crippen molar-refractivity contribution in [1.29, 1.82) is 5.26 Å². The summed E-state index contributed by atoms with van der Waals surface area (Å²) >= 11 is 0. The molecule has 0 aliphatic carbocycles. The number of rotatable bonds is 4. The SMILES string of the molecule is N#Cc1ccc(NC(=O)N2CCN(c3nnc(-c4ccc(F)cc4)c4ccccc34)C[C@@H]2CO)cc1. The molecule has 0 radical (unpaired) electrons. The van der Waals surface area contributed by atoms with Gasteiger partial charge in [-0.05, 0) is 48.5 Å². The zero-order valence-electron chi connectivity index (χ0n) is 19.3. The summed E-state index contributed by atoms with van der Waals surface area (Å²) in [6.07, 6.45) is 0. The molecule has 9 heteroatoms. The number of hydrogen-bond donors (Lipinski definition) is 2. The van der Waals surface area contributed by atoms with Crippen molar-refractivity contribution in [1.82, 2.24) is 15.1 Å². The van der Waals surface area contributed by atoms with Gasteiger partial charge in [-0.15, -0.1) is 10.2 Å². The molecule has 1 fully saturated rings. The van der Waals surface area contributed by atoms with Crippen LogP contribution in [-0.4, -0.2) is 58.5 Å². The Labute approximate surface area is 207 Å². The summed E-state index contributed by atoms with van der Waals surface area (Å²) in [4.78, 5) is 16.6. The highest BCUT2D eigenvalue weighted by Gasteiger charge is 2.31. The number of nitriles is 1. The van der Waals surface area contributed by atoms with Crippen molar-refractivity contribution in [2.45, 2.75) is 6.04 Å². The smallest absolute Gasteiger partial charge is 0.322 e. The van der Waals surface area contributed by atoms with E-state index in [1.54, 1.807) is 41.3 Å². The quantitative estimate of drug-likeness (QED) is 0.455. The van der Waals surface area contributed by atoms with E-state index in [1.165, 1.54) is 12.1 Å². The van der Waals surface area contributed by atoms with E-state index in [2.05, 4.69) is 15.5 Å². The molecule has 180 valence electrons. The summed E-state index contributed by atoms with van der Waals surface area (Å²) in [5, 5.41) is 32.6. The average Bonchev–Trinajstić information content (AvgIpc) is 2.93. The van der Waals surface area contributed by atoms with E-state index in [-0.39, 0.29) is 18.5 Å². The first-order valence-corrected chi connectivity index (χ1v) is 11.5. The molecule has 3 aromatic carbocycles. The standard InChI is InChI=1S/C27H23FN6O2/c28-20-9-7-19(8-10-20)25-23-3-1-2-4-24(23)26(32-31-25)33-13-14-34(22(16-33)17-35)27(36)30-21-11-5-18(15-29)6-12-21/h1-12,22,35H,13-14,16-17H2,(H,30,36)/t22-/m1/s1. The lowest BCUT2D eigenvalue weighted by atomic mass is 10.0. The molecule has 0 spiro atoms. The molecule has 36 heavy (non-hydrogen) atoms. The van der Waals surface area contributed by atoms with E-state index in [1.807, 2.05) is 35.2 Å². The average molecular weight is 483 g/mol. The normalized spacial score (nSPS) is 15.5. The van der Waals surface area contributed by atoms with Crippen molar-refractivity contribution < 1.29 is 14.3 Å². The third-order valence-corrected chi connectivity index (χ3v) is 6.30. The highest BCUT2D eigenvalue weighted by Crippen LogP contribution is 2.32.